The SMILES string of the molecule is Cl.NN1CC2CCCC(C2)C1. The monoisotopic (exact) mass is 176 g/mol. The molecular weight excluding hydrogens is 160 g/mol. The van der Waals surface area contributed by atoms with Crippen molar-refractivity contribution >= 4 is 12.4 Å². The molecule has 1 saturated heterocycles. The van der Waals surface area contributed by atoms with E-state index in [-0.39, 0.29) is 12.4 Å². The summed E-state index contributed by atoms with van der Waals surface area (Å²) in [5.74, 6) is 7.61. The van der Waals surface area contributed by atoms with Crippen molar-refractivity contribution in [1.29, 1.82) is 0 Å². The van der Waals surface area contributed by atoms with Gasteiger partial charge < -0.3 is 0 Å². The second-order valence-corrected chi connectivity index (χ2v) is 3.85. The molecule has 0 aromatic rings. The van der Waals surface area contributed by atoms with E-state index in [2.05, 4.69) is 0 Å². The van der Waals surface area contributed by atoms with Gasteiger partial charge in [0.05, 0.1) is 0 Å². The molecule has 1 aliphatic carbocycles. The molecule has 2 bridgehead atoms. The first-order valence-electron chi connectivity index (χ1n) is 4.34. The quantitative estimate of drug-likeness (QED) is 0.566. The highest BCUT2D eigenvalue weighted by Gasteiger charge is 2.28. The minimum atomic E-state index is 0. The Hall–Kier alpha value is 0.210. The van der Waals surface area contributed by atoms with Crippen molar-refractivity contribution in [2.75, 3.05) is 13.1 Å². The number of hydrazine groups is 1. The van der Waals surface area contributed by atoms with Crippen LogP contribution in [0.15, 0.2) is 0 Å². The van der Waals surface area contributed by atoms with Crippen LogP contribution in [0.4, 0.5) is 0 Å². The van der Waals surface area contributed by atoms with Gasteiger partial charge in [-0.1, -0.05) is 6.42 Å². The molecule has 1 heterocycles. The largest absolute Gasteiger partial charge is 0.269 e. The summed E-state index contributed by atoms with van der Waals surface area (Å²) in [5, 5.41) is 2.01. The number of halogens is 1. The van der Waals surface area contributed by atoms with E-state index in [0.717, 1.165) is 24.9 Å². The number of rotatable bonds is 0. The molecule has 2 atom stereocenters. The molecule has 0 amide bonds. The van der Waals surface area contributed by atoms with E-state index in [1.54, 1.807) is 0 Å². The van der Waals surface area contributed by atoms with Crippen LogP contribution in [-0.2, 0) is 0 Å². The van der Waals surface area contributed by atoms with Crippen molar-refractivity contribution < 1.29 is 0 Å². The van der Waals surface area contributed by atoms with Crippen LogP contribution < -0.4 is 5.84 Å². The second kappa shape index (κ2) is 3.74. The molecule has 2 fully saturated rings. The van der Waals surface area contributed by atoms with E-state index in [1.165, 1.54) is 25.7 Å². The third-order valence-electron chi connectivity index (χ3n) is 2.88. The van der Waals surface area contributed by atoms with E-state index in [4.69, 9.17) is 5.84 Å². The molecule has 11 heavy (non-hydrogen) atoms. The molecule has 2 rings (SSSR count). The van der Waals surface area contributed by atoms with Gasteiger partial charge in [-0.05, 0) is 31.1 Å². The Labute approximate surface area is 74.5 Å². The maximum absolute atomic E-state index is 5.76. The third-order valence-corrected chi connectivity index (χ3v) is 2.88. The van der Waals surface area contributed by atoms with Gasteiger partial charge in [-0.2, -0.15) is 0 Å². The topological polar surface area (TPSA) is 29.3 Å². The zero-order valence-corrected chi connectivity index (χ0v) is 7.65. The smallest absolute Gasteiger partial charge is 0.0157 e. The maximum atomic E-state index is 5.76. The van der Waals surface area contributed by atoms with Crippen molar-refractivity contribution in [1.82, 2.24) is 5.01 Å². The number of nitrogens with two attached hydrogens (primary N) is 1. The van der Waals surface area contributed by atoms with Gasteiger partial charge in [0.1, 0.15) is 0 Å². The zero-order chi connectivity index (χ0) is 6.97. The minimum Gasteiger partial charge on any atom is -0.269 e. The molecule has 2 unspecified atom stereocenters. The number of hydrogen-bond acceptors (Lipinski definition) is 2. The predicted octanol–water partition coefficient (Wildman–Crippen LogP) is 1.40. The Balaban J connectivity index is 0.000000605. The molecule has 0 radical (unpaired) electrons. The van der Waals surface area contributed by atoms with Crippen LogP contribution in [0.5, 0.6) is 0 Å². The van der Waals surface area contributed by atoms with Gasteiger partial charge in [0.2, 0.25) is 0 Å². The van der Waals surface area contributed by atoms with Crippen LogP contribution in [0.2, 0.25) is 0 Å². The molecule has 3 heteroatoms. The average Bonchev–Trinajstić information content (AvgIpc) is 1.85. The molecule has 0 spiro atoms. The van der Waals surface area contributed by atoms with E-state index in [9.17, 15) is 0 Å². The number of nitrogens with zero attached hydrogens (tertiary/aromatic N) is 1. The van der Waals surface area contributed by atoms with Gasteiger partial charge in [0.25, 0.3) is 0 Å². The highest BCUT2D eigenvalue weighted by Crippen LogP contribution is 2.32. The Kier molecular flexibility index (Phi) is 3.16. The fraction of sp³-hybridized carbons (Fsp3) is 1.00. The fourth-order valence-electron chi connectivity index (χ4n) is 2.47. The lowest BCUT2D eigenvalue weighted by Crippen LogP contribution is -2.46. The van der Waals surface area contributed by atoms with Crippen LogP contribution >= 0.6 is 12.4 Å². The van der Waals surface area contributed by atoms with Gasteiger partial charge in [0, 0.05) is 13.1 Å². The average molecular weight is 177 g/mol. The molecule has 0 aromatic heterocycles. The lowest BCUT2D eigenvalue weighted by atomic mass is 9.78. The Morgan fingerprint density at radius 2 is 1.64 bits per heavy atom. The number of hydrogen-bond donors (Lipinski definition) is 1. The molecule has 0 aromatic carbocycles. The highest BCUT2D eigenvalue weighted by molar-refractivity contribution is 5.85. The normalized spacial score (nSPS) is 37.9. The second-order valence-electron chi connectivity index (χ2n) is 3.85. The van der Waals surface area contributed by atoms with Gasteiger partial charge in [0.15, 0.2) is 0 Å². The number of piperidine rings is 1. The van der Waals surface area contributed by atoms with Crippen molar-refractivity contribution in [3.05, 3.63) is 0 Å². The molecule has 66 valence electrons. The summed E-state index contributed by atoms with van der Waals surface area (Å²) in [7, 11) is 0. The van der Waals surface area contributed by atoms with Gasteiger partial charge in [-0.25, -0.2) is 5.01 Å². The lowest BCUT2D eigenvalue weighted by Gasteiger charge is -2.39. The predicted molar refractivity (Wildman–Crippen MR) is 48.5 cm³/mol. The molecule has 2 nitrogen and oxygen atoms in total. The van der Waals surface area contributed by atoms with E-state index < -0.39 is 0 Å². The van der Waals surface area contributed by atoms with Crippen LogP contribution in [0.3, 0.4) is 0 Å². The van der Waals surface area contributed by atoms with Gasteiger partial charge in [-0.3, -0.25) is 5.84 Å². The standard InChI is InChI=1S/C8H16N2.ClH/c9-10-5-7-2-1-3-8(4-7)6-10;/h7-8H,1-6,9H2;1H. The fourth-order valence-corrected chi connectivity index (χ4v) is 2.47. The maximum Gasteiger partial charge on any atom is 0.0157 e. The minimum absolute atomic E-state index is 0. The molecular formula is C8H17ClN2. The van der Waals surface area contributed by atoms with Crippen LogP contribution in [0.1, 0.15) is 25.7 Å². The first-order valence-corrected chi connectivity index (χ1v) is 4.34. The van der Waals surface area contributed by atoms with Crippen molar-refractivity contribution in [3.63, 3.8) is 0 Å². The van der Waals surface area contributed by atoms with Crippen LogP contribution in [-0.4, -0.2) is 18.1 Å². The summed E-state index contributed by atoms with van der Waals surface area (Å²) in [6.45, 7) is 2.30. The van der Waals surface area contributed by atoms with E-state index in [1.807, 2.05) is 5.01 Å². The summed E-state index contributed by atoms with van der Waals surface area (Å²) in [6, 6.07) is 0. The summed E-state index contributed by atoms with van der Waals surface area (Å²) in [5.41, 5.74) is 0. The third kappa shape index (κ3) is 2.08. The first kappa shape index (κ1) is 9.30. The van der Waals surface area contributed by atoms with Crippen molar-refractivity contribution in [2.24, 2.45) is 17.7 Å². The number of fused-ring (bicyclic) bond motifs is 2. The van der Waals surface area contributed by atoms with Crippen molar-refractivity contribution in [3.8, 4) is 0 Å². The zero-order valence-electron chi connectivity index (χ0n) is 6.83. The van der Waals surface area contributed by atoms with Gasteiger partial charge in [-0.15, -0.1) is 12.4 Å². The molecule has 2 N–H and O–H groups in total. The summed E-state index contributed by atoms with van der Waals surface area (Å²) in [6.07, 6.45) is 5.74. The Bertz CT molecular complexity index is 113. The molecule has 1 saturated carbocycles. The first-order chi connectivity index (χ1) is 4.84. The summed E-state index contributed by atoms with van der Waals surface area (Å²) in [4.78, 5) is 0. The van der Waals surface area contributed by atoms with E-state index >= 15 is 0 Å². The Morgan fingerprint density at radius 3 is 2.18 bits per heavy atom. The summed E-state index contributed by atoms with van der Waals surface area (Å²) < 4.78 is 0. The Morgan fingerprint density at radius 1 is 1.09 bits per heavy atom. The molecule has 2 aliphatic rings. The van der Waals surface area contributed by atoms with Gasteiger partial charge >= 0.3 is 0 Å². The van der Waals surface area contributed by atoms with E-state index in [0.29, 0.717) is 0 Å². The lowest BCUT2D eigenvalue weighted by molar-refractivity contribution is 0.0868. The molecule has 1 aliphatic heterocycles. The van der Waals surface area contributed by atoms with Crippen LogP contribution in [0.25, 0.3) is 0 Å². The summed E-state index contributed by atoms with van der Waals surface area (Å²) >= 11 is 0. The van der Waals surface area contributed by atoms with Crippen molar-refractivity contribution in [2.45, 2.75) is 25.7 Å². The highest BCUT2D eigenvalue weighted by atomic mass is 35.5. The van der Waals surface area contributed by atoms with Crippen LogP contribution in [0, 0.1) is 11.8 Å².